The summed E-state index contributed by atoms with van der Waals surface area (Å²) in [7, 11) is 1.81. The molecule has 0 saturated heterocycles. The van der Waals surface area contributed by atoms with Crippen molar-refractivity contribution in [2.24, 2.45) is 7.05 Å². The molecule has 0 radical (unpaired) electrons. The molecule has 5 heteroatoms. The first kappa shape index (κ1) is 11.3. The minimum atomic E-state index is -0.572. The van der Waals surface area contributed by atoms with E-state index in [1.54, 1.807) is 10.6 Å². The number of amides is 1. The van der Waals surface area contributed by atoms with Crippen LogP contribution in [0.2, 0.25) is 0 Å². The molecule has 0 spiro atoms. The lowest BCUT2D eigenvalue weighted by atomic mass is 10.3. The molecule has 1 amide bonds. The Morgan fingerprint density at radius 2 is 2.12 bits per heavy atom. The maximum absolute atomic E-state index is 12.6. The van der Waals surface area contributed by atoms with E-state index in [2.05, 4.69) is 10.3 Å². The van der Waals surface area contributed by atoms with Gasteiger partial charge < -0.3 is 9.88 Å². The Morgan fingerprint density at radius 3 is 2.65 bits per heavy atom. The van der Waals surface area contributed by atoms with Crippen molar-refractivity contribution in [3.05, 3.63) is 47.8 Å². The van der Waals surface area contributed by atoms with Crippen molar-refractivity contribution in [2.45, 2.75) is 6.92 Å². The Bertz CT molecular complexity index is 545. The monoisotopic (exact) mass is 233 g/mol. The van der Waals surface area contributed by atoms with E-state index in [1.165, 1.54) is 18.3 Å². The first-order valence-corrected chi connectivity index (χ1v) is 5.13. The normalized spacial score (nSPS) is 10.3. The number of hydrogen-bond acceptors (Lipinski definition) is 2. The number of halogens is 1. The largest absolute Gasteiger partial charge is 0.344 e. The topological polar surface area (TPSA) is 46.9 Å². The minimum absolute atomic E-state index is 0.242. The first-order valence-electron chi connectivity index (χ1n) is 5.13. The molecule has 1 N–H and O–H groups in total. The number of rotatable bonds is 2. The molecule has 88 valence electrons. The van der Waals surface area contributed by atoms with Crippen LogP contribution in [0.1, 0.15) is 16.2 Å². The Kier molecular flexibility index (Phi) is 2.91. The fraction of sp³-hybridized carbons (Fsp3) is 0.167. The van der Waals surface area contributed by atoms with Gasteiger partial charge in [-0.1, -0.05) is 0 Å². The molecule has 2 aromatic heterocycles. The number of nitrogens with zero attached hydrogens (tertiary/aromatic N) is 2. The van der Waals surface area contributed by atoms with E-state index >= 15 is 0 Å². The van der Waals surface area contributed by atoms with Crippen molar-refractivity contribution < 1.29 is 9.18 Å². The highest BCUT2D eigenvalue weighted by Crippen LogP contribution is 2.10. The summed E-state index contributed by atoms with van der Waals surface area (Å²) in [5.74, 6) is -0.813. The summed E-state index contributed by atoms with van der Waals surface area (Å²) in [6.07, 6.45) is 1.28. The smallest absolute Gasteiger partial charge is 0.272 e. The van der Waals surface area contributed by atoms with Crippen molar-refractivity contribution >= 4 is 11.6 Å². The zero-order valence-electron chi connectivity index (χ0n) is 9.57. The summed E-state index contributed by atoms with van der Waals surface area (Å²) >= 11 is 0. The number of carbonyl (C=O) groups is 1. The molecule has 0 aromatic carbocycles. The average Bonchev–Trinajstić information content (AvgIpc) is 2.63. The van der Waals surface area contributed by atoms with Crippen LogP contribution in [0.4, 0.5) is 10.1 Å². The first-order chi connectivity index (χ1) is 8.08. The van der Waals surface area contributed by atoms with Crippen molar-refractivity contribution in [1.29, 1.82) is 0 Å². The summed E-state index contributed by atoms with van der Waals surface area (Å²) in [5, 5.41) is 2.65. The second kappa shape index (κ2) is 4.37. The average molecular weight is 233 g/mol. The van der Waals surface area contributed by atoms with Crippen LogP contribution in [0.3, 0.4) is 0 Å². The Morgan fingerprint density at radius 1 is 1.35 bits per heavy atom. The quantitative estimate of drug-likeness (QED) is 0.807. The van der Waals surface area contributed by atoms with Crippen molar-refractivity contribution in [1.82, 2.24) is 9.55 Å². The second-order valence-corrected chi connectivity index (χ2v) is 3.74. The van der Waals surface area contributed by atoms with Crippen molar-refractivity contribution in [2.75, 3.05) is 5.32 Å². The third-order valence-electron chi connectivity index (χ3n) is 2.59. The van der Waals surface area contributed by atoms with Gasteiger partial charge in [-0.25, -0.2) is 4.98 Å². The fourth-order valence-corrected chi connectivity index (χ4v) is 1.49. The summed E-state index contributed by atoms with van der Waals surface area (Å²) in [6, 6.07) is 6.27. The number of nitrogens with one attached hydrogen (secondary N) is 1. The molecule has 0 atom stereocenters. The van der Waals surface area contributed by atoms with E-state index < -0.39 is 5.95 Å². The highest BCUT2D eigenvalue weighted by atomic mass is 19.1. The van der Waals surface area contributed by atoms with Gasteiger partial charge in [0.25, 0.3) is 5.91 Å². The van der Waals surface area contributed by atoms with Gasteiger partial charge in [0.1, 0.15) is 5.69 Å². The van der Waals surface area contributed by atoms with E-state index in [1.807, 2.05) is 20.0 Å². The van der Waals surface area contributed by atoms with E-state index in [4.69, 9.17) is 0 Å². The summed E-state index contributed by atoms with van der Waals surface area (Å²) in [5.41, 5.74) is 2.01. The van der Waals surface area contributed by atoms with E-state index in [0.717, 1.165) is 5.69 Å². The molecule has 0 aliphatic rings. The van der Waals surface area contributed by atoms with E-state index in [0.29, 0.717) is 11.4 Å². The van der Waals surface area contributed by atoms with Gasteiger partial charge in [0.15, 0.2) is 0 Å². The van der Waals surface area contributed by atoms with Crippen LogP contribution < -0.4 is 5.32 Å². The van der Waals surface area contributed by atoms with Gasteiger partial charge >= 0.3 is 0 Å². The molecule has 0 aliphatic heterocycles. The molecule has 17 heavy (non-hydrogen) atoms. The SMILES string of the molecule is Cc1ccc(C(=O)Nc2ccc(F)nc2)n1C. The minimum Gasteiger partial charge on any atom is -0.344 e. The van der Waals surface area contributed by atoms with Crippen LogP contribution in [0, 0.1) is 12.9 Å². The molecule has 0 bridgehead atoms. The van der Waals surface area contributed by atoms with Crippen LogP contribution in [0.25, 0.3) is 0 Å². The van der Waals surface area contributed by atoms with Crippen molar-refractivity contribution in [3.8, 4) is 0 Å². The van der Waals surface area contributed by atoms with Gasteiger partial charge in [-0.3, -0.25) is 4.79 Å². The predicted octanol–water partition coefficient (Wildman–Crippen LogP) is 2.12. The molecule has 4 nitrogen and oxygen atoms in total. The Labute approximate surface area is 98.1 Å². The Hall–Kier alpha value is -2.17. The van der Waals surface area contributed by atoms with Crippen LogP contribution >= 0.6 is 0 Å². The fourth-order valence-electron chi connectivity index (χ4n) is 1.49. The standard InChI is InChI=1S/C12H12FN3O/c1-8-3-5-10(16(8)2)12(17)15-9-4-6-11(13)14-7-9/h3-7H,1-2H3,(H,15,17). The number of aryl methyl sites for hydroxylation is 1. The molecule has 2 heterocycles. The van der Waals surface area contributed by atoms with E-state index in [-0.39, 0.29) is 5.91 Å². The third-order valence-corrected chi connectivity index (χ3v) is 2.59. The maximum atomic E-state index is 12.6. The zero-order chi connectivity index (χ0) is 12.4. The van der Waals surface area contributed by atoms with Gasteiger partial charge in [-0.2, -0.15) is 4.39 Å². The molecular formula is C12H12FN3O. The maximum Gasteiger partial charge on any atom is 0.272 e. The lowest BCUT2D eigenvalue weighted by Crippen LogP contribution is -2.16. The number of anilines is 1. The van der Waals surface area contributed by atoms with Gasteiger partial charge in [0.05, 0.1) is 11.9 Å². The van der Waals surface area contributed by atoms with Gasteiger partial charge in [-0.05, 0) is 31.2 Å². The zero-order valence-corrected chi connectivity index (χ0v) is 9.57. The second-order valence-electron chi connectivity index (χ2n) is 3.74. The number of hydrogen-bond donors (Lipinski definition) is 1. The highest BCUT2D eigenvalue weighted by Gasteiger charge is 2.10. The van der Waals surface area contributed by atoms with Crippen LogP contribution in [0.15, 0.2) is 30.5 Å². The summed E-state index contributed by atoms with van der Waals surface area (Å²) in [4.78, 5) is 15.3. The van der Waals surface area contributed by atoms with Gasteiger partial charge in [0, 0.05) is 12.7 Å². The van der Waals surface area contributed by atoms with Crippen LogP contribution in [0.5, 0.6) is 0 Å². The number of aromatic nitrogens is 2. The summed E-state index contributed by atoms with van der Waals surface area (Å²) in [6.45, 7) is 1.91. The lowest BCUT2D eigenvalue weighted by molar-refractivity contribution is 0.101. The predicted molar refractivity (Wildman–Crippen MR) is 62.3 cm³/mol. The number of pyridine rings is 1. The molecule has 2 aromatic rings. The number of carbonyl (C=O) groups excluding carboxylic acids is 1. The molecule has 0 unspecified atom stereocenters. The third kappa shape index (κ3) is 2.33. The van der Waals surface area contributed by atoms with Crippen molar-refractivity contribution in [3.63, 3.8) is 0 Å². The van der Waals surface area contributed by atoms with Crippen LogP contribution in [-0.4, -0.2) is 15.5 Å². The van der Waals surface area contributed by atoms with Crippen LogP contribution in [-0.2, 0) is 7.05 Å². The van der Waals surface area contributed by atoms with Gasteiger partial charge in [0.2, 0.25) is 5.95 Å². The molecule has 0 fully saturated rings. The summed E-state index contributed by atoms with van der Waals surface area (Å²) < 4.78 is 14.4. The van der Waals surface area contributed by atoms with E-state index in [9.17, 15) is 9.18 Å². The highest BCUT2D eigenvalue weighted by molar-refractivity contribution is 6.03. The van der Waals surface area contributed by atoms with Gasteiger partial charge in [-0.15, -0.1) is 0 Å². The molecular weight excluding hydrogens is 221 g/mol. The Balaban J connectivity index is 2.17. The molecule has 0 saturated carbocycles. The molecule has 2 rings (SSSR count). The molecule has 0 aliphatic carbocycles. The lowest BCUT2D eigenvalue weighted by Gasteiger charge is -2.06.